The zero-order valence-electron chi connectivity index (χ0n) is 5.64. The van der Waals surface area contributed by atoms with Crippen molar-refractivity contribution < 1.29 is 18.7 Å². The van der Waals surface area contributed by atoms with Crippen LogP contribution in [0.25, 0.3) is 0 Å². The van der Waals surface area contributed by atoms with Crippen molar-refractivity contribution in [3.63, 3.8) is 0 Å². The number of carbonyl (C=O) groups is 1. The molecule has 0 heterocycles. The molecule has 0 saturated heterocycles. The van der Waals surface area contributed by atoms with E-state index in [1.165, 1.54) is 0 Å². The summed E-state index contributed by atoms with van der Waals surface area (Å²) in [5, 5.41) is 8.54. The highest BCUT2D eigenvalue weighted by Crippen LogP contribution is 2.29. The number of phenols is 1. The van der Waals surface area contributed by atoms with Crippen molar-refractivity contribution in [2.24, 2.45) is 0 Å². The second-order valence-corrected chi connectivity index (χ2v) is 2.44. The summed E-state index contributed by atoms with van der Waals surface area (Å²) in [6.45, 7) is 0. The summed E-state index contributed by atoms with van der Waals surface area (Å²) in [6, 6.07) is 0.596. The molecule has 2 nitrogen and oxygen atoms in total. The topological polar surface area (TPSA) is 37.3 Å². The molecule has 0 fully saturated rings. The number of rotatable bonds is 1. The molecule has 0 unspecified atom stereocenters. The Morgan fingerprint density at radius 3 is 2.58 bits per heavy atom. The molecule has 0 aliphatic heterocycles. The minimum absolute atomic E-state index is 0.000370. The van der Waals surface area contributed by atoms with Crippen LogP contribution >= 0.6 is 11.6 Å². The van der Waals surface area contributed by atoms with Crippen LogP contribution in [0.4, 0.5) is 8.78 Å². The molecule has 0 aliphatic rings. The van der Waals surface area contributed by atoms with E-state index in [9.17, 15) is 13.6 Å². The number of halogens is 3. The van der Waals surface area contributed by atoms with Crippen LogP contribution in [0.2, 0.25) is 5.02 Å². The molecule has 0 radical (unpaired) electrons. The molecule has 64 valence electrons. The molecule has 12 heavy (non-hydrogen) atoms. The monoisotopic (exact) mass is 192 g/mol. The van der Waals surface area contributed by atoms with E-state index in [4.69, 9.17) is 16.7 Å². The number of phenolic OH excluding ortho intramolecular Hbond substituents is 1. The molecule has 1 N–H and O–H groups in total. The zero-order chi connectivity index (χ0) is 9.30. The fourth-order valence-electron chi connectivity index (χ4n) is 0.712. The smallest absolute Gasteiger partial charge is 0.173 e. The van der Waals surface area contributed by atoms with Crippen molar-refractivity contribution in [1.29, 1.82) is 0 Å². The Balaban J connectivity index is 3.52. The van der Waals surface area contributed by atoms with Gasteiger partial charge >= 0.3 is 0 Å². The fourth-order valence-corrected chi connectivity index (χ4v) is 0.909. The molecular weight excluding hydrogens is 190 g/mol. The van der Waals surface area contributed by atoms with Crippen molar-refractivity contribution in [1.82, 2.24) is 0 Å². The third kappa shape index (κ3) is 1.25. The zero-order valence-corrected chi connectivity index (χ0v) is 6.40. The first kappa shape index (κ1) is 8.93. The summed E-state index contributed by atoms with van der Waals surface area (Å²) in [5.41, 5.74) is -0.764. The van der Waals surface area contributed by atoms with E-state index in [-0.39, 0.29) is 6.29 Å². The number of benzene rings is 1. The molecule has 1 aromatic carbocycles. The highest BCUT2D eigenvalue weighted by molar-refractivity contribution is 6.32. The van der Waals surface area contributed by atoms with Gasteiger partial charge in [0.25, 0.3) is 0 Å². The fraction of sp³-hybridized carbons (Fsp3) is 0. The van der Waals surface area contributed by atoms with E-state index in [1.54, 1.807) is 0 Å². The van der Waals surface area contributed by atoms with Gasteiger partial charge in [-0.3, -0.25) is 4.79 Å². The number of aromatic hydroxyl groups is 1. The molecular formula is C7H3ClF2O2. The lowest BCUT2D eigenvalue weighted by Gasteiger charge is -2.01. The first-order chi connectivity index (χ1) is 5.57. The van der Waals surface area contributed by atoms with Gasteiger partial charge in [-0.25, -0.2) is 8.78 Å². The number of hydrogen-bond donors (Lipinski definition) is 1. The molecule has 0 bridgehead atoms. The predicted molar refractivity (Wildman–Crippen MR) is 38.4 cm³/mol. The lowest BCUT2D eigenvalue weighted by molar-refractivity contribution is 0.111. The first-order valence-electron chi connectivity index (χ1n) is 2.89. The SMILES string of the molecule is O=Cc1c(O)c(Cl)cc(F)c1F. The van der Waals surface area contributed by atoms with Crippen LogP contribution in [0.1, 0.15) is 10.4 Å². The predicted octanol–water partition coefficient (Wildman–Crippen LogP) is 2.14. The van der Waals surface area contributed by atoms with E-state index in [1.807, 2.05) is 0 Å². The van der Waals surface area contributed by atoms with Crippen LogP contribution in [0, 0.1) is 11.6 Å². The van der Waals surface area contributed by atoms with Crippen LogP contribution in [-0.4, -0.2) is 11.4 Å². The molecule has 0 spiro atoms. The highest BCUT2D eigenvalue weighted by Gasteiger charge is 2.15. The largest absolute Gasteiger partial charge is 0.506 e. The third-order valence-electron chi connectivity index (χ3n) is 1.30. The van der Waals surface area contributed by atoms with Crippen LogP contribution in [0.15, 0.2) is 6.07 Å². The Morgan fingerprint density at radius 1 is 1.50 bits per heavy atom. The quantitative estimate of drug-likeness (QED) is 0.547. The maximum absolute atomic E-state index is 12.6. The second-order valence-electron chi connectivity index (χ2n) is 2.03. The Bertz CT molecular complexity index is 312. The maximum atomic E-state index is 12.6. The van der Waals surface area contributed by atoms with Crippen molar-refractivity contribution in [2.75, 3.05) is 0 Å². The van der Waals surface area contributed by atoms with E-state index >= 15 is 0 Å². The van der Waals surface area contributed by atoms with Crippen LogP contribution in [0.3, 0.4) is 0 Å². The van der Waals surface area contributed by atoms with Gasteiger partial charge in [0.05, 0.1) is 10.6 Å². The van der Waals surface area contributed by atoms with Gasteiger partial charge in [0, 0.05) is 0 Å². The van der Waals surface area contributed by atoms with Crippen molar-refractivity contribution >= 4 is 17.9 Å². The molecule has 5 heteroatoms. The molecule has 1 aromatic rings. The standard InChI is InChI=1S/C7H3ClF2O2/c8-4-1-5(9)6(10)3(2-11)7(4)12/h1-2,12H. The van der Waals surface area contributed by atoms with Crippen LogP contribution in [0.5, 0.6) is 5.75 Å². The van der Waals surface area contributed by atoms with Gasteiger partial charge < -0.3 is 5.11 Å². The molecule has 0 saturated carbocycles. The number of carbonyl (C=O) groups excluding carboxylic acids is 1. The molecule has 0 amide bonds. The first-order valence-corrected chi connectivity index (χ1v) is 3.27. The Hall–Kier alpha value is -1.16. The highest BCUT2D eigenvalue weighted by atomic mass is 35.5. The van der Waals surface area contributed by atoms with Crippen molar-refractivity contribution in [2.45, 2.75) is 0 Å². The summed E-state index contributed by atoms with van der Waals surface area (Å²) in [4.78, 5) is 10.1. The average Bonchev–Trinajstić information content (AvgIpc) is 2.02. The Kier molecular flexibility index (Phi) is 2.28. The third-order valence-corrected chi connectivity index (χ3v) is 1.59. The van der Waals surface area contributed by atoms with E-state index < -0.39 is 28.0 Å². The van der Waals surface area contributed by atoms with E-state index in [0.29, 0.717) is 6.07 Å². The molecule has 0 aromatic heterocycles. The maximum Gasteiger partial charge on any atom is 0.173 e. The average molecular weight is 193 g/mol. The van der Waals surface area contributed by atoms with Gasteiger partial charge in [0.2, 0.25) is 0 Å². The van der Waals surface area contributed by atoms with Crippen LogP contribution < -0.4 is 0 Å². The minimum atomic E-state index is -1.40. The van der Waals surface area contributed by atoms with E-state index in [0.717, 1.165) is 0 Å². The molecule has 1 rings (SSSR count). The van der Waals surface area contributed by atoms with Gasteiger partial charge in [-0.05, 0) is 6.07 Å². The Labute approximate surface area is 71.4 Å². The number of hydrogen-bond acceptors (Lipinski definition) is 2. The van der Waals surface area contributed by atoms with Crippen molar-refractivity contribution in [3.05, 3.63) is 28.3 Å². The van der Waals surface area contributed by atoms with Gasteiger partial charge in [-0.1, -0.05) is 11.6 Å². The lowest BCUT2D eigenvalue weighted by Crippen LogP contribution is -1.93. The van der Waals surface area contributed by atoms with Gasteiger partial charge in [-0.15, -0.1) is 0 Å². The summed E-state index contributed by atoms with van der Waals surface area (Å²) >= 11 is 5.25. The Morgan fingerprint density at radius 2 is 2.08 bits per heavy atom. The van der Waals surface area contributed by atoms with E-state index in [2.05, 4.69) is 0 Å². The van der Waals surface area contributed by atoms with Crippen molar-refractivity contribution in [3.8, 4) is 5.75 Å². The number of aldehydes is 1. The lowest BCUT2D eigenvalue weighted by atomic mass is 10.2. The minimum Gasteiger partial charge on any atom is -0.506 e. The molecule has 0 atom stereocenters. The van der Waals surface area contributed by atoms with Gasteiger partial charge in [-0.2, -0.15) is 0 Å². The summed E-state index contributed by atoms with van der Waals surface area (Å²) in [6.07, 6.45) is -0.000370. The van der Waals surface area contributed by atoms with Gasteiger partial charge in [0.1, 0.15) is 5.75 Å². The second kappa shape index (κ2) is 3.06. The summed E-state index contributed by atoms with van der Waals surface area (Å²) in [7, 11) is 0. The summed E-state index contributed by atoms with van der Waals surface area (Å²) in [5.74, 6) is -3.41. The summed E-state index contributed by atoms with van der Waals surface area (Å²) < 4.78 is 25.1. The molecule has 0 aliphatic carbocycles. The van der Waals surface area contributed by atoms with Gasteiger partial charge in [0.15, 0.2) is 17.9 Å². The normalized spacial score (nSPS) is 9.92. The van der Waals surface area contributed by atoms with Crippen LogP contribution in [-0.2, 0) is 0 Å².